The van der Waals surface area contributed by atoms with Crippen LogP contribution in [0.3, 0.4) is 0 Å². The van der Waals surface area contributed by atoms with Crippen LogP contribution in [-0.4, -0.2) is 60.5 Å². The summed E-state index contributed by atoms with van der Waals surface area (Å²) in [7, 11) is -3.69. The first-order chi connectivity index (χ1) is 11.9. The lowest BCUT2D eigenvalue weighted by Crippen LogP contribution is -2.43. The highest BCUT2D eigenvalue weighted by Gasteiger charge is 2.39. The van der Waals surface area contributed by atoms with Gasteiger partial charge in [0.25, 0.3) is 0 Å². The van der Waals surface area contributed by atoms with Gasteiger partial charge in [-0.25, -0.2) is 13.1 Å². The van der Waals surface area contributed by atoms with Crippen molar-refractivity contribution in [3.05, 3.63) is 11.4 Å². The smallest absolute Gasteiger partial charge is 0.244 e. The number of carbonyl (C=O) groups is 2. The number of amides is 2. The Labute approximate surface area is 154 Å². The Bertz CT molecular complexity index is 775. The lowest BCUT2D eigenvalue weighted by Gasteiger charge is -2.31. The van der Waals surface area contributed by atoms with Gasteiger partial charge in [0.15, 0.2) is 0 Å². The Morgan fingerprint density at radius 2 is 1.96 bits per heavy atom. The second-order valence-corrected chi connectivity index (χ2v) is 9.23. The van der Waals surface area contributed by atoms with Crippen molar-refractivity contribution in [3.63, 3.8) is 0 Å². The standard InChI is InChI=1S/C16H27N5O4S/c1-10-14(11(2)20-19-10)26(24,25)18-7-6-17-15(23)12-8-13(22)21(9-12)16(3,4)5/h12,18H,6-9H2,1-5H3,(H,17,23)(H,19,20). The van der Waals surface area contributed by atoms with Crippen molar-refractivity contribution in [3.8, 4) is 0 Å². The van der Waals surface area contributed by atoms with E-state index in [1.54, 1.807) is 18.7 Å². The Kier molecular flexibility index (Phi) is 5.76. The van der Waals surface area contributed by atoms with Gasteiger partial charge in [0, 0.05) is 31.6 Å². The van der Waals surface area contributed by atoms with Crippen LogP contribution in [-0.2, 0) is 19.6 Å². The number of sulfonamides is 1. The van der Waals surface area contributed by atoms with Gasteiger partial charge < -0.3 is 10.2 Å². The summed E-state index contributed by atoms with van der Waals surface area (Å²) in [5.41, 5.74) is 0.541. The number of nitrogens with zero attached hydrogens (tertiary/aromatic N) is 2. The summed E-state index contributed by atoms with van der Waals surface area (Å²) in [4.78, 5) is 26.1. The molecule has 1 atom stereocenters. The summed E-state index contributed by atoms with van der Waals surface area (Å²) < 4.78 is 27.0. The van der Waals surface area contributed by atoms with Crippen LogP contribution in [0.2, 0.25) is 0 Å². The molecule has 9 nitrogen and oxygen atoms in total. The van der Waals surface area contributed by atoms with Gasteiger partial charge in [0.1, 0.15) is 4.90 Å². The molecule has 3 N–H and O–H groups in total. The van der Waals surface area contributed by atoms with Gasteiger partial charge >= 0.3 is 0 Å². The number of likely N-dealkylation sites (tertiary alicyclic amines) is 1. The Morgan fingerprint density at radius 3 is 2.46 bits per heavy atom. The second-order valence-electron chi connectivity index (χ2n) is 7.53. The molecule has 1 aromatic heterocycles. The van der Waals surface area contributed by atoms with Crippen molar-refractivity contribution in [2.24, 2.45) is 5.92 Å². The lowest BCUT2D eigenvalue weighted by molar-refractivity contribution is -0.132. The number of hydrogen-bond acceptors (Lipinski definition) is 5. The number of aryl methyl sites for hydroxylation is 2. The average Bonchev–Trinajstić information content (AvgIpc) is 3.06. The third kappa shape index (κ3) is 4.42. The van der Waals surface area contributed by atoms with Crippen molar-refractivity contribution in [2.75, 3.05) is 19.6 Å². The molecular formula is C16H27N5O4S. The number of rotatable bonds is 6. The molecule has 1 saturated heterocycles. The molecule has 2 heterocycles. The van der Waals surface area contributed by atoms with Crippen LogP contribution >= 0.6 is 0 Å². The average molecular weight is 385 g/mol. The van der Waals surface area contributed by atoms with Crippen LogP contribution in [0.15, 0.2) is 4.90 Å². The zero-order chi connectivity index (χ0) is 19.7. The van der Waals surface area contributed by atoms with E-state index in [1.807, 2.05) is 20.8 Å². The van der Waals surface area contributed by atoms with Crippen LogP contribution in [0.4, 0.5) is 0 Å². The van der Waals surface area contributed by atoms with E-state index in [1.165, 1.54) is 0 Å². The maximum Gasteiger partial charge on any atom is 0.244 e. The summed E-state index contributed by atoms with van der Waals surface area (Å²) in [5.74, 6) is -0.680. The fourth-order valence-electron chi connectivity index (χ4n) is 3.06. The topological polar surface area (TPSA) is 124 Å². The molecule has 2 rings (SSSR count). The predicted octanol–water partition coefficient (Wildman–Crippen LogP) is 0.0680. The fraction of sp³-hybridized carbons (Fsp3) is 0.688. The SMILES string of the molecule is Cc1n[nH]c(C)c1S(=O)(=O)NCCNC(=O)C1CC(=O)N(C(C)(C)C)C1. The van der Waals surface area contributed by atoms with Crippen LogP contribution in [0, 0.1) is 19.8 Å². The van der Waals surface area contributed by atoms with Crippen molar-refractivity contribution >= 4 is 21.8 Å². The zero-order valence-electron chi connectivity index (χ0n) is 15.8. The first-order valence-electron chi connectivity index (χ1n) is 8.53. The van der Waals surface area contributed by atoms with Gasteiger partial charge in [-0.2, -0.15) is 5.10 Å². The van der Waals surface area contributed by atoms with Crippen molar-refractivity contribution in [1.29, 1.82) is 0 Å². The highest BCUT2D eigenvalue weighted by Crippen LogP contribution is 2.25. The minimum atomic E-state index is -3.69. The van der Waals surface area contributed by atoms with E-state index in [9.17, 15) is 18.0 Å². The third-order valence-corrected chi connectivity index (χ3v) is 6.07. The molecule has 0 aromatic carbocycles. The van der Waals surface area contributed by atoms with E-state index in [0.29, 0.717) is 17.9 Å². The van der Waals surface area contributed by atoms with E-state index in [4.69, 9.17) is 0 Å². The molecule has 0 spiro atoms. The Morgan fingerprint density at radius 1 is 1.31 bits per heavy atom. The molecule has 1 fully saturated rings. The van der Waals surface area contributed by atoms with Gasteiger partial charge in [-0.1, -0.05) is 0 Å². The molecule has 2 amide bonds. The van der Waals surface area contributed by atoms with Crippen LogP contribution in [0.25, 0.3) is 0 Å². The number of aromatic nitrogens is 2. The van der Waals surface area contributed by atoms with E-state index in [-0.39, 0.29) is 41.8 Å². The number of carbonyl (C=O) groups excluding carboxylic acids is 2. The highest BCUT2D eigenvalue weighted by molar-refractivity contribution is 7.89. The van der Waals surface area contributed by atoms with E-state index in [2.05, 4.69) is 20.2 Å². The molecule has 1 aliphatic rings. The molecule has 1 unspecified atom stereocenters. The first-order valence-corrected chi connectivity index (χ1v) is 10.0. The zero-order valence-corrected chi connectivity index (χ0v) is 16.7. The van der Waals surface area contributed by atoms with E-state index < -0.39 is 15.9 Å². The molecule has 0 bridgehead atoms. The molecule has 10 heteroatoms. The Balaban J connectivity index is 1.83. The summed E-state index contributed by atoms with van der Waals surface area (Å²) in [5, 5.41) is 9.20. The molecule has 26 heavy (non-hydrogen) atoms. The van der Waals surface area contributed by atoms with Gasteiger partial charge in [0.2, 0.25) is 21.8 Å². The number of hydrogen-bond donors (Lipinski definition) is 3. The van der Waals surface area contributed by atoms with Crippen molar-refractivity contribution < 1.29 is 18.0 Å². The Hall–Kier alpha value is -1.94. The monoisotopic (exact) mass is 385 g/mol. The first kappa shape index (κ1) is 20.4. The molecule has 0 radical (unpaired) electrons. The second kappa shape index (κ2) is 7.36. The molecular weight excluding hydrogens is 358 g/mol. The van der Waals surface area contributed by atoms with Gasteiger partial charge in [-0.15, -0.1) is 0 Å². The van der Waals surface area contributed by atoms with Gasteiger partial charge in [-0.3, -0.25) is 14.7 Å². The third-order valence-electron chi connectivity index (χ3n) is 4.35. The minimum Gasteiger partial charge on any atom is -0.354 e. The molecule has 146 valence electrons. The maximum absolute atomic E-state index is 12.3. The maximum atomic E-state index is 12.3. The van der Waals surface area contributed by atoms with Crippen LogP contribution in [0.5, 0.6) is 0 Å². The quantitative estimate of drug-likeness (QED) is 0.598. The number of nitrogens with one attached hydrogen (secondary N) is 3. The van der Waals surface area contributed by atoms with Gasteiger partial charge in [0.05, 0.1) is 17.3 Å². The summed E-state index contributed by atoms with van der Waals surface area (Å²) in [6.07, 6.45) is 0.183. The number of aromatic amines is 1. The van der Waals surface area contributed by atoms with Gasteiger partial charge in [-0.05, 0) is 34.6 Å². The van der Waals surface area contributed by atoms with Crippen LogP contribution < -0.4 is 10.0 Å². The number of H-pyrrole nitrogens is 1. The summed E-state index contributed by atoms with van der Waals surface area (Å²) in [6.45, 7) is 9.62. The fourth-order valence-corrected chi connectivity index (χ4v) is 4.45. The minimum absolute atomic E-state index is 0.0377. The lowest BCUT2D eigenvalue weighted by atomic mass is 10.1. The molecule has 0 aliphatic carbocycles. The molecule has 1 aromatic rings. The normalized spacial score (nSPS) is 18.4. The van der Waals surface area contributed by atoms with E-state index >= 15 is 0 Å². The van der Waals surface area contributed by atoms with Crippen molar-refractivity contribution in [2.45, 2.75) is 51.5 Å². The summed E-state index contributed by atoms with van der Waals surface area (Å²) >= 11 is 0. The largest absolute Gasteiger partial charge is 0.354 e. The molecule has 0 saturated carbocycles. The van der Waals surface area contributed by atoms with Crippen LogP contribution in [0.1, 0.15) is 38.6 Å². The predicted molar refractivity (Wildman–Crippen MR) is 95.8 cm³/mol. The summed E-state index contributed by atoms with van der Waals surface area (Å²) in [6, 6.07) is 0. The van der Waals surface area contributed by atoms with E-state index in [0.717, 1.165) is 0 Å². The van der Waals surface area contributed by atoms with Crippen molar-refractivity contribution in [1.82, 2.24) is 25.1 Å². The molecule has 1 aliphatic heterocycles. The highest BCUT2D eigenvalue weighted by atomic mass is 32.2.